The number of benzene rings is 1. The molecule has 6 heteroatoms. The number of piperidine rings is 1. The first-order valence-corrected chi connectivity index (χ1v) is 8.36. The molecule has 1 heterocycles. The van der Waals surface area contributed by atoms with E-state index in [-0.39, 0.29) is 37.5 Å². The molecule has 2 rings (SSSR count). The molecule has 0 aliphatic carbocycles. The maximum atomic E-state index is 12.6. The van der Waals surface area contributed by atoms with Crippen molar-refractivity contribution < 1.29 is 23.9 Å². The molecule has 1 aromatic rings. The van der Waals surface area contributed by atoms with Gasteiger partial charge < -0.3 is 14.4 Å². The third-order valence-electron chi connectivity index (χ3n) is 4.02. The highest BCUT2D eigenvalue weighted by molar-refractivity contribution is 6.04. The van der Waals surface area contributed by atoms with Crippen molar-refractivity contribution >= 4 is 17.7 Å². The number of methoxy groups -OCH3 is 1. The Morgan fingerprint density at radius 1 is 1.24 bits per heavy atom. The zero-order valence-corrected chi connectivity index (χ0v) is 15.2. The summed E-state index contributed by atoms with van der Waals surface area (Å²) in [5.74, 6) is -0.531. The second-order valence-electron chi connectivity index (χ2n) is 7.15. The maximum Gasteiger partial charge on any atom is 0.410 e. The summed E-state index contributed by atoms with van der Waals surface area (Å²) >= 11 is 0. The minimum Gasteiger partial charge on any atom is -0.496 e. The summed E-state index contributed by atoms with van der Waals surface area (Å²) in [5.41, 5.74) is 0.118. The smallest absolute Gasteiger partial charge is 0.410 e. The van der Waals surface area contributed by atoms with Gasteiger partial charge >= 0.3 is 6.09 Å². The Morgan fingerprint density at radius 2 is 1.92 bits per heavy atom. The Hall–Kier alpha value is -2.37. The third kappa shape index (κ3) is 5.05. The number of nitrogens with zero attached hydrogens (tertiary/aromatic N) is 1. The number of Topliss-reactive ketones (excluding diaryl/α,β-unsaturated/α-hetero) is 2. The van der Waals surface area contributed by atoms with Gasteiger partial charge in [0.1, 0.15) is 22.9 Å². The van der Waals surface area contributed by atoms with Crippen LogP contribution in [0.3, 0.4) is 0 Å². The highest BCUT2D eigenvalue weighted by Gasteiger charge is 2.36. The van der Waals surface area contributed by atoms with Gasteiger partial charge in [-0.1, -0.05) is 18.2 Å². The molecule has 0 N–H and O–H groups in total. The van der Waals surface area contributed by atoms with Gasteiger partial charge in [0.05, 0.1) is 13.0 Å². The monoisotopic (exact) mass is 347 g/mol. The Kier molecular flexibility index (Phi) is 5.82. The highest BCUT2D eigenvalue weighted by Crippen LogP contribution is 2.23. The molecule has 25 heavy (non-hydrogen) atoms. The van der Waals surface area contributed by atoms with Crippen LogP contribution in [0.5, 0.6) is 5.75 Å². The average molecular weight is 347 g/mol. The molecule has 0 radical (unpaired) electrons. The van der Waals surface area contributed by atoms with Crippen molar-refractivity contribution in [1.29, 1.82) is 0 Å². The van der Waals surface area contributed by atoms with Crippen LogP contribution in [0.25, 0.3) is 0 Å². The molecule has 1 fully saturated rings. The van der Waals surface area contributed by atoms with Gasteiger partial charge in [-0.2, -0.15) is 0 Å². The summed E-state index contributed by atoms with van der Waals surface area (Å²) < 4.78 is 10.6. The van der Waals surface area contributed by atoms with E-state index in [1.54, 1.807) is 40.0 Å². The maximum absolute atomic E-state index is 12.6. The Balaban J connectivity index is 2.07. The van der Waals surface area contributed by atoms with Crippen LogP contribution in [0.4, 0.5) is 4.79 Å². The number of para-hydroxylation sites is 1. The van der Waals surface area contributed by atoms with Crippen LogP contribution in [0, 0.1) is 5.92 Å². The van der Waals surface area contributed by atoms with E-state index in [0.717, 1.165) is 5.56 Å². The van der Waals surface area contributed by atoms with E-state index >= 15 is 0 Å². The lowest BCUT2D eigenvalue weighted by Gasteiger charge is -2.32. The zero-order valence-electron chi connectivity index (χ0n) is 15.2. The molecule has 6 nitrogen and oxygen atoms in total. The summed E-state index contributed by atoms with van der Waals surface area (Å²) in [6.07, 6.45) is -0.223. The van der Waals surface area contributed by atoms with Crippen molar-refractivity contribution in [3.63, 3.8) is 0 Å². The van der Waals surface area contributed by atoms with E-state index in [1.165, 1.54) is 4.90 Å². The summed E-state index contributed by atoms with van der Waals surface area (Å²) in [4.78, 5) is 38.5. The van der Waals surface area contributed by atoms with E-state index in [1.807, 2.05) is 12.1 Å². The van der Waals surface area contributed by atoms with Gasteiger partial charge in [-0.25, -0.2) is 4.79 Å². The standard InChI is InChI=1S/C19H25NO5/c1-19(2,3)25-18(23)20-10-9-15(21)14(12-20)16(22)11-13-7-5-6-8-17(13)24-4/h5-8,14H,9-12H2,1-4H3. The number of ketones is 2. The first-order valence-electron chi connectivity index (χ1n) is 8.36. The number of carbonyl (C=O) groups excluding carboxylic acids is 3. The van der Waals surface area contributed by atoms with E-state index in [0.29, 0.717) is 5.75 Å². The molecule has 1 aliphatic heterocycles. The SMILES string of the molecule is COc1ccccc1CC(=O)C1CN(C(=O)OC(C)(C)C)CCC1=O. The predicted octanol–water partition coefficient (Wildman–Crippen LogP) is 2.63. The summed E-state index contributed by atoms with van der Waals surface area (Å²) in [6.45, 7) is 5.70. The first-order chi connectivity index (χ1) is 11.7. The number of rotatable bonds is 4. The highest BCUT2D eigenvalue weighted by atomic mass is 16.6. The molecule has 1 saturated heterocycles. The quantitative estimate of drug-likeness (QED) is 0.783. The van der Waals surface area contributed by atoms with Crippen molar-refractivity contribution in [2.24, 2.45) is 5.92 Å². The van der Waals surface area contributed by atoms with Gasteiger partial charge in [0.2, 0.25) is 0 Å². The van der Waals surface area contributed by atoms with E-state index in [9.17, 15) is 14.4 Å². The number of hydrogen-bond acceptors (Lipinski definition) is 5. The number of carbonyl (C=O) groups is 3. The number of amides is 1. The van der Waals surface area contributed by atoms with Crippen molar-refractivity contribution in [3.8, 4) is 5.75 Å². The van der Waals surface area contributed by atoms with Crippen LogP contribution in [-0.4, -0.2) is 48.4 Å². The van der Waals surface area contributed by atoms with Gasteiger partial charge in [0.15, 0.2) is 0 Å². The van der Waals surface area contributed by atoms with Crippen molar-refractivity contribution in [2.75, 3.05) is 20.2 Å². The lowest BCUT2D eigenvalue weighted by molar-refractivity contribution is -0.135. The molecule has 136 valence electrons. The number of hydrogen-bond donors (Lipinski definition) is 0. The molecular weight excluding hydrogens is 322 g/mol. The van der Waals surface area contributed by atoms with Gasteiger partial charge in [-0.05, 0) is 26.8 Å². The van der Waals surface area contributed by atoms with Gasteiger partial charge in [0, 0.05) is 31.5 Å². The summed E-state index contributed by atoms with van der Waals surface area (Å²) in [7, 11) is 1.54. The molecule has 1 aliphatic rings. The average Bonchev–Trinajstić information content (AvgIpc) is 2.54. The minimum absolute atomic E-state index is 0.0712. The fourth-order valence-corrected chi connectivity index (χ4v) is 2.77. The van der Waals surface area contributed by atoms with Crippen LogP contribution in [-0.2, 0) is 20.7 Å². The molecule has 0 bridgehead atoms. The molecular formula is C19H25NO5. The second-order valence-corrected chi connectivity index (χ2v) is 7.15. The molecule has 0 aromatic heterocycles. The Morgan fingerprint density at radius 3 is 2.56 bits per heavy atom. The molecule has 0 spiro atoms. The zero-order chi connectivity index (χ0) is 18.6. The molecule has 0 saturated carbocycles. The number of likely N-dealkylation sites (tertiary alicyclic amines) is 1. The van der Waals surface area contributed by atoms with E-state index in [4.69, 9.17) is 9.47 Å². The predicted molar refractivity (Wildman–Crippen MR) is 92.6 cm³/mol. The van der Waals surface area contributed by atoms with Crippen LogP contribution >= 0.6 is 0 Å². The molecule has 1 amide bonds. The summed E-state index contributed by atoms with van der Waals surface area (Å²) in [5, 5.41) is 0. The van der Waals surface area contributed by atoms with E-state index in [2.05, 4.69) is 0 Å². The van der Waals surface area contributed by atoms with Crippen molar-refractivity contribution in [2.45, 2.75) is 39.2 Å². The third-order valence-corrected chi connectivity index (χ3v) is 4.02. The largest absolute Gasteiger partial charge is 0.496 e. The van der Waals surface area contributed by atoms with E-state index < -0.39 is 17.6 Å². The van der Waals surface area contributed by atoms with Crippen LogP contribution in [0.15, 0.2) is 24.3 Å². The number of ether oxygens (including phenoxy) is 2. The van der Waals surface area contributed by atoms with Crippen LogP contribution in [0.2, 0.25) is 0 Å². The van der Waals surface area contributed by atoms with Crippen LogP contribution < -0.4 is 4.74 Å². The molecule has 1 atom stereocenters. The van der Waals surface area contributed by atoms with Gasteiger partial charge in [-0.3, -0.25) is 9.59 Å². The lowest BCUT2D eigenvalue weighted by atomic mass is 9.89. The first kappa shape index (κ1) is 19.0. The fraction of sp³-hybridized carbons (Fsp3) is 0.526. The van der Waals surface area contributed by atoms with Crippen molar-refractivity contribution in [1.82, 2.24) is 4.90 Å². The summed E-state index contributed by atoms with van der Waals surface area (Å²) in [6, 6.07) is 7.22. The molecule has 1 unspecified atom stereocenters. The normalized spacial score (nSPS) is 18.0. The van der Waals surface area contributed by atoms with Crippen LogP contribution in [0.1, 0.15) is 32.8 Å². The topological polar surface area (TPSA) is 72.9 Å². The molecule has 1 aromatic carbocycles. The minimum atomic E-state index is -0.814. The fourth-order valence-electron chi connectivity index (χ4n) is 2.77. The van der Waals surface area contributed by atoms with Gasteiger partial charge in [-0.15, -0.1) is 0 Å². The van der Waals surface area contributed by atoms with Gasteiger partial charge in [0.25, 0.3) is 0 Å². The lowest BCUT2D eigenvalue weighted by Crippen LogP contribution is -2.48. The Bertz CT molecular complexity index is 662. The second kappa shape index (κ2) is 7.68. The van der Waals surface area contributed by atoms with Crippen molar-refractivity contribution in [3.05, 3.63) is 29.8 Å². The Labute approximate surface area is 148 Å².